The van der Waals surface area contributed by atoms with Gasteiger partial charge in [-0.3, -0.25) is 14.5 Å². The number of likely N-dealkylation sites (tertiary alicyclic amines) is 1. The van der Waals surface area contributed by atoms with E-state index >= 15 is 0 Å². The van der Waals surface area contributed by atoms with Gasteiger partial charge in [0, 0.05) is 51.7 Å². The van der Waals surface area contributed by atoms with E-state index in [2.05, 4.69) is 29.7 Å². The second-order valence-electron chi connectivity index (χ2n) is 7.57. The van der Waals surface area contributed by atoms with Crippen LogP contribution in [-0.4, -0.2) is 72.6 Å². The van der Waals surface area contributed by atoms with Crippen LogP contribution >= 0.6 is 0 Å². The molecule has 1 atom stereocenters. The van der Waals surface area contributed by atoms with E-state index in [4.69, 9.17) is 9.90 Å². The molecule has 0 aromatic heterocycles. The molecule has 0 saturated carbocycles. The summed E-state index contributed by atoms with van der Waals surface area (Å²) in [6.45, 7) is 9.88. The van der Waals surface area contributed by atoms with Crippen LogP contribution in [0.25, 0.3) is 0 Å². The van der Waals surface area contributed by atoms with Crippen LogP contribution in [0.2, 0.25) is 0 Å². The number of para-hydroxylation sites is 1. The maximum absolute atomic E-state index is 12.0. The highest BCUT2D eigenvalue weighted by molar-refractivity contribution is 5.77. The van der Waals surface area contributed by atoms with Gasteiger partial charge in [0.1, 0.15) is 6.07 Å². The van der Waals surface area contributed by atoms with Crippen LogP contribution in [0.5, 0.6) is 0 Å². The molecule has 7 heteroatoms. The predicted octanol–water partition coefficient (Wildman–Crippen LogP) is 2.03. The highest BCUT2D eigenvalue weighted by Crippen LogP contribution is 2.24. The fraction of sp³-hybridized carbons (Fsp3) is 0.571. The van der Waals surface area contributed by atoms with Crippen LogP contribution in [0.3, 0.4) is 0 Å². The van der Waals surface area contributed by atoms with Crippen LogP contribution in [-0.2, 0) is 9.59 Å². The standard InChI is InChI=1S/C20H28N4O.CH2O2/c1-16(2)24-15-17(7-8-20(24)25)14-22-9-11-23(12-10-22)19-6-4-3-5-18(19)13-21;2-1-3/h3-6,16-17H,7-12,14-15H2,1-2H3;1H,(H,2,3). The van der Waals surface area contributed by atoms with E-state index in [-0.39, 0.29) is 6.47 Å². The highest BCUT2D eigenvalue weighted by Gasteiger charge is 2.29. The van der Waals surface area contributed by atoms with E-state index < -0.39 is 0 Å². The van der Waals surface area contributed by atoms with E-state index in [0.29, 0.717) is 24.3 Å². The number of benzene rings is 1. The molecule has 2 fully saturated rings. The SMILES string of the molecule is CC(C)N1CC(CN2CCN(c3ccccc3C#N)CC2)CCC1=O.O=CO. The first-order valence-electron chi connectivity index (χ1n) is 9.83. The van der Waals surface area contributed by atoms with Crippen LogP contribution in [0.4, 0.5) is 5.69 Å². The molecule has 2 heterocycles. The Hall–Kier alpha value is -2.59. The van der Waals surface area contributed by atoms with Gasteiger partial charge in [-0.1, -0.05) is 12.1 Å². The van der Waals surface area contributed by atoms with Crippen molar-refractivity contribution in [2.24, 2.45) is 5.92 Å². The predicted molar refractivity (Wildman–Crippen MR) is 108 cm³/mol. The molecular weight excluding hydrogens is 356 g/mol. The van der Waals surface area contributed by atoms with E-state index in [9.17, 15) is 10.1 Å². The fourth-order valence-electron chi connectivity index (χ4n) is 3.97. The lowest BCUT2D eigenvalue weighted by Gasteiger charge is -2.41. The molecule has 2 aliphatic heterocycles. The molecule has 0 radical (unpaired) electrons. The Morgan fingerprint density at radius 2 is 1.89 bits per heavy atom. The largest absolute Gasteiger partial charge is 0.483 e. The van der Waals surface area contributed by atoms with Crippen molar-refractivity contribution in [1.29, 1.82) is 5.26 Å². The molecule has 2 saturated heterocycles. The van der Waals surface area contributed by atoms with Gasteiger partial charge in [0.25, 0.3) is 6.47 Å². The summed E-state index contributed by atoms with van der Waals surface area (Å²) >= 11 is 0. The van der Waals surface area contributed by atoms with Crippen LogP contribution in [0.15, 0.2) is 24.3 Å². The lowest BCUT2D eigenvalue weighted by Crippen LogP contribution is -2.51. The molecule has 1 aromatic carbocycles. The summed E-state index contributed by atoms with van der Waals surface area (Å²) < 4.78 is 0. The number of nitrogens with zero attached hydrogens (tertiary/aromatic N) is 4. The zero-order valence-electron chi connectivity index (χ0n) is 16.8. The highest BCUT2D eigenvalue weighted by atomic mass is 16.3. The second-order valence-corrected chi connectivity index (χ2v) is 7.57. The Morgan fingerprint density at radius 3 is 2.50 bits per heavy atom. The Morgan fingerprint density at radius 1 is 1.25 bits per heavy atom. The molecule has 152 valence electrons. The molecule has 1 unspecified atom stereocenters. The number of carbonyl (C=O) groups is 2. The lowest BCUT2D eigenvalue weighted by atomic mass is 9.95. The summed E-state index contributed by atoms with van der Waals surface area (Å²) in [4.78, 5) is 27.2. The number of piperazine rings is 1. The minimum atomic E-state index is -0.250. The first kappa shape index (κ1) is 21.7. The monoisotopic (exact) mass is 386 g/mol. The van der Waals surface area contributed by atoms with Crippen molar-refractivity contribution in [3.63, 3.8) is 0 Å². The number of piperidine rings is 1. The number of rotatable bonds is 4. The molecule has 1 N–H and O–H groups in total. The maximum atomic E-state index is 12.0. The maximum Gasteiger partial charge on any atom is 0.290 e. The van der Waals surface area contributed by atoms with Crippen LogP contribution < -0.4 is 4.90 Å². The normalized spacial score (nSPS) is 20.4. The molecule has 1 aromatic rings. The van der Waals surface area contributed by atoms with Gasteiger partial charge in [-0.25, -0.2) is 0 Å². The molecule has 0 aliphatic carbocycles. The quantitative estimate of drug-likeness (QED) is 0.797. The van der Waals surface area contributed by atoms with E-state index in [0.717, 1.165) is 56.9 Å². The number of nitriles is 1. The van der Waals surface area contributed by atoms with Crippen LogP contribution in [0, 0.1) is 17.2 Å². The number of carboxylic acid groups (broad SMARTS) is 1. The summed E-state index contributed by atoms with van der Waals surface area (Å²) in [5.74, 6) is 0.891. The summed E-state index contributed by atoms with van der Waals surface area (Å²) in [6, 6.07) is 10.5. The van der Waals surface area contributed by atoms with Gasteiger partial charge in [0.2, 0.25) is 5.91 Å². The third-order valence-corrected chi connectivity index (χ3v) is 5.42. The first-order valence-corrected chi connectivity index (χ1v) is 9.83. The van der Waals surface area contributed by atoms with Gasteiger partial charge in [0.15, 0.2) is 0 Å². The van der Waals surface area contributed by atoms with Gasteiger partial charge in [-0.2, -0.15) is 5.26 Å². The fourth-order valence-corrected chi connectivity index (χ4v) is 3.97. The van der Waals surface area contributed by atoms with E-state index in [1.807, 2.05) is 29.2 Å². The molecular formula is C21H30N4O3. The van der Waals surface area contributed by atoms with Gasteiger partial charge >= 0.3 is 0 Å². The molecule has 0 bridgehead atoms. The Kier molecular flexibility index (Phi) is 8.27. The summed E-state index contributed by atoms with van der Waals surface area (Å²) in [7, 11) is 0. The third kappa shape index (κ3) is 5.70. The first-order chi connectivity index (χ1) is 13.5. The van der Waals surface area contributed by atoms with Crippen molar-refractivity contribution in [1.82, 2.24) is 9.80 Å². The van der Waals surface area contributed by atoms with Gasteiger partial charge in [-0.15, -0.1) is 0 Å². The molecule has 3 rings (SSSR count). The van der Waals surface area contributed by atoms with Crippen molar-refractivity contribution >= 4 is 18.1 Å². The van der Waals surface area contributed by atoms with Gasteiger partial charge in [-0.05, 0) is 38.3 Å². The van der Waals surface area contributed by atoms with Crippen molar-refractivity contribution < 1.29 is 14.7 Å². The van der Waals surface area contributed by atoms with E-state index in [1.165, 1.54) is 0 Å². The number of hydrogen-bond donors (Lipinski definition) is 1. The summed E-state index contributed by atoms with van der Waals surface area (Å²) in [6.07, 6.45) is 1.71. The van der Waals surface area contributed by atoms with Crippen LogP contribution in [0.1, 0.15) is 32.3 Å². The Bertz CT molecular complexity index is 693. The zero-order chi connectivity index (χ0) is 20.5. The van der Waals surface area contributed by atoms with Crippen molar-refractivity contribution in [2.75, 3.05) is 44.2 Å². The van der Waals surface area contributed by atoms with Gasteiger partial charge in [0.05, 0.1) is 11.3 Å². The third-order valence-electron chi connectivity index (χ3n) is 5.42. The average Bonchev–Trinajstić information content (AvgIpc) is 2.70. The Balaban J connectivity index is 0.000000878. The molecule has 2 aliphatic rings. The van der Waals surface area contributed by atoms with Crippen molar-refractivity contribution in [3.05, 3.63) is 29.8 Å². The lowest BCUT2D eigenvalue weighted by molar-refractivity contribution is -0.137. The molecule has 28 heavy (non-hydrogen) atoms. The second kappa shape index (κ2) is 10.7. The van der Waals surface area contributed by atoms with Crippen molar-refractivity contribution in [3.8, 4) is 6.07 Å². The number of carbonyl (C=O) groups excluding carboxylic acids is 1. The Labute approximate surface area is 167 Å². The molecule has 1 amide bonds. The average molecular weight is 386 g/mol. The summed E-state index contributed by atoms with van der Waals surface area (Å²) in [5, 5.41) is 16.2. The summed E-state index contributed by atoms with van der Waals surface area (Å²) in [5.41, 5.74) is 1.81. The molecule has 7 nitrogen and oxygen atoms in total. The number of anilines is 1. The van der Waals surface area contributed by atoms with E-state index in [1.54, 1.807) is 0 Å². The topological polar surface area (TPSA) is 87.9 Å². The smallest absolute Gasteiger partial charge is 0.290 e. The number of hydrogen-bond acceptors (Lipinski definition) is 5. The van der Waals surface area contributed by atoms with Crippen molar-refractivity contribution in [2.45, 2.75) is 32.7 Å². The van der Waals surface area contributed by atoms with Gasteiger partial charge < -0.3 is 14.9 Å². The minimum Gasteiger partial charge on any atom is -0.483 e. The minimum absolute atomic E-state index is 0.250. The molecule has 0 spiro atoms. The number of amides is 1. The zero-order valence-corrected chi connectivity index (χ0v) is 16.8.